The van der Waals surface area contributed by atoms with Gasteiger partial charge in [0.15, 0.2) is 5.69 Å². The number of aryl methyl sites for hydroxylation is 1. The second kappa shape index (κ2) is 7.40. The van der Waals surface area contributed by atoms with Crippen molar-refractivity contribution in [3.05, 3.63) is 35.7 Å². The van der Waals surface area contributed by atoms with E-state index < -0.39 is 11.9 Å². The molecule has 0 saturated carbocycles. The van der Waals surface area contributed by atoms with Crippen LogP contribution in [0.2, 0.25) is 0 Å². The predicted molar refractivity (Wildman–Crippen MR) is 94.9 cm³/mol. The minimum absolute atomic E-state index is 0.0478. The van der Waals surface area contributed by atoms with E-state index >= 15 is 0 Å². The SMILES string of the molecule is O=C(NCC1CCc2nc(C(F)(F)F)cn2C1)c1ccnc(N2CCCC2)n1. The maximum Gasteiger partial charge on any atom is 0.434 e. The number of rotatable bonds is 4. The van der Waals surface area contributed by atoms with Gasteiger partial charge in [-0.15, -0.1) is 0 Å². The van der Waals surface area contributed by atoms with Crippen molar-refractivity contribution in [1.82, 2.24) is 24.8 Å². The number of nitrogens with zero attached hydrogens (tertiary/aromatic N) is 5. The zero-order valence-corrected chi connectivity index (χ0v) is 15.2. The molecule has 7 nitrogen and oxygen atoms in total. The Morgan fingerprint density at radius 2 is 2.04 bits per heavy atom. The van der Waals surface area contributed by atoms with Gasteiger partial charge in [0.25, 0.3) is 5.91 Å². The van der Waals surface area contributed by atoms with Gasteiger partial charge in [-0.05, 0) is 31.2 Å². The molecule has 1 N–H and O–H groups in total. The first-order valence-electron chi connectivity index (χ1n) is 9.39. The number of amides is 1. The monoisotopic (exact) mass is 394 g/mol. The van der Waals surface area contributed by atoms with Crippen LogP contribution in [-0.2, 0) is 19.1 Å². The molecule has 2 aliphatic heterocycles. The van der Waals surface area contributed by atoms with Crippen molar-refractivity contribution in [2.75, 3.05) is 24.5 Å². The van der Waals surface area contributed by atoms with Gasteiger partial charge < -0.3 is 14.8 Å². The van der Waals surface area contributed by atoms with E-state index in [9.17, 15) is 18.0 Å². The Morgan fingerprint density at radius 3 is 2.79 bits per heavy atom. The molecule has 0 aliphatic carbocycles. The van der Waals surface area contributed by atoms with Crippen molar-refractivity contribution in [1.29, 1.82) is 0 Å². The Balaban J connectivity index is 1.35. The summed E-state index contributed by atoms with van der Waals surface area (Å²) in [5.74, 6) is 0.758. The maximum absolute atomic E-state index is 12.8. The van der Waals surface area contributed by atoms with E-state index in [4.69, 9.17) is 0 Å². The van der Waals surface area contributed by atoms with Gasteiger partial charge in [0.1, 0.15) is 11.5 Å². The van der Waals surface area contributed by atoms with E-state index in [1.807, 2.05) is 0 Å². The molecule has 1 amide bonds. The summed E-state index contributed by atoms with van der Waals surface area (Å²) >= 11 is 0. The molecule has 4 heterocycles. The molecule has 10 heteroatoms. The largest absolute Gasteiger partial charge is 0.434 e. The van der Waals surface area contributed by atoms with Crippen LogP contribution in [0.3, 0.4) is 0 Å². The molecule has 0 spiro atoms. The average molecular weight is 394 g/mol. The van der Waals surface area contributed by atoms with E-state index in [-0.39, 0.29) is 11.8 Å². The number of nitrogens with one attached hydrogen (secondary N) is 1. The smallest absolute Gasteiger partial charge is 0.350 e. The van der Waals surface area contributed by atoms with E-state index in [1.54, 1.807) is 16.8 Å². The van der Waals surface area contributed by atoms with Crippen molar-refractivity contribution >= 4 is 11.9 Å². The van der Waals surface area contributed by atoms with Gasteiger partial charge in [-0.3, -0.25) is 4.79 Å². The van der Waals surface area contributed by atoms with Crippen LogP contribution in [0.1, 0.15) is 41.3 Å². The fourth-order valence-corrected chi connectivity index (χ4v) is 3.69. The Kier molecular flexibility index (Phi) is 4.94. The van der Waals surface area contributed by atoms with Crippen LogP contribution >= 0.6 is 0 Å². The van der Waals surface area contributed by atoms with Crippen LogP contribution in [0, 0.1) is 5.92 Å². The van der Waals surface area contributed by atoms with Gasteiger partial charge in [-0.1, -0.05) is 0 Å². The topological polar surface area (TPSA) is 75.9 Å². The second-order valence-electron chi connectivity index (χ2n) is 7.24. The number of carbonyl (C=O) groups excluding carboxylic acids is 1. The van der Waals surface area contributed by atoms with E-state index in [0.717, 1.165) is 32.1 Å². The number of fused-ring (bicyclic) bond motifs is 1. The van der Waals surface area contributed by atoms with Crippen molar-refractivity contribution in [2.24, 2.45) is 5.92 Å². The molecule has 1 saturated heterocycles. The van der Waals surface area contributed by atoms with Crippen molar-refractivity contribution in [2.45, 2.75) is 38.4 Å². The molecule has 1 atom stereocenters. The third kappa shape index (κ3) is 3.95. The summed E-state index contributed by atoms with van der Waals surface area (Å²) in [6.45, 7) is 2.56. The van der Waals surface area contributed by atoms with E-state index in [1.165, 1.54) is 0 Å². The van der Waals surface area contributed by atoms with Gasteiger partial charge in [0.05, 0.1) is 0 Å². The predicted octanol–water partition coefficient (Wildman–Crippen LogP) is 2.28. The molecule has 2 aromatic rings. The zero-order chi connectivity index (χ0) is 19.7. The number of imidazole rings is 1. The molecule has 0 bridgehead atoms. The lowest BCUT2D eigenvalue weighted by Crippen LogP contribution is -2.34. The first-order chi connectivity index (χ1) is 13.4. The highest BCUT2D eigenvalue weighted by atomic mass is 19.4. The molecule has 0 aromatic carbocycles. The molecule has 0 radical (unpaired) electrons. The van der Waals surface area contributed by atoms with E-state index in [0.29, 0.717) is 43.4 Å². The van der Waals surface area contributed by atoms with E-state index in [2.05, 4.69) is 25.2 Å². The normalized spacial score (nSPS) is 19.5. The molecule has 28 heavy (non-hydrogen) atoms. The number of anilines is 1. The number of hydrogen-bond acceptors (Lipinski definition) is 5. The number of aromatic nitrogens is 4. The number of hydrogen-bond donors (Lipinski definition) is 1. The first kappa shape index (κ1) is 18.7. The molecule has 150 valence electrons. The molecular formula is C18H21F3N6O. The molecule has 1 fully saturated rings. The molecule has 1 unspecified atom stereocenters. The van der Waals surface area contributed by atoms with Crippen molar-refractivity contribution in [3.63, 3.8) is 0 Å². The van der Waals surface area contributed by atoms with Crippen LogP contribution < -0.4 is 10.2 Å². The Hall–Kier alpha value is -2.65. The Labute approximate surface area is 160 Å². The third-order valence-electron chi connectivity index (χ3n) is 5.20. The number of alkyl halides is 3. The Bertz CT molecular complexity index is 859. The molecule has 4 rings (SSSR count). The van der Waals surface area contributed by atoms with Crippen LogP contribution in [-0.4, -0.2) is 45.1 Å². The second-order valence-corrected chi connectivity index (χ2v) is 7.24. The van der Waals surface area contributed by atoms with Crippen LogP contribution in [0.15, 0.2) is 18.5 Å². The molecule has 2 aliphatic rings. The van der Waals surface area contributed by atoms with Gasteiger partial charge in [-0.25, -0.2) is 15.0 Å². The number of halogens is 3. The molecule has 2 aromatic heterocycles. The minimum atomic E-state index is -4.44. The summed E-state index contributed by atoms with van der Waals surface area (Å²) in [6, 6.07) is 1.57. The lowest BCUT2D eigenvalue weighted by atomic mass is 9.99. The summed E-state index contributed by atoms with van der Waals surface area (Å²) in [5.41, 5.74) is -0.557. The van der Waals surface area contributed by atoms with Gasteiger partial charge in [-0.2, -0.15) is 13.2 Å². The van der Waals surface area contributed by atoms with Crippen LogP contribution in [0.5, 0.6) is 0 Å². The fourth-order valence-electron chi connectivity index (χ4n) is 3.69. The van der Waals surface area contributed by atoms with Gasteiger partial charge in [0, 0.05) is 45.0 Å². The lowest BCUT2D eigenvalue weighted by molar-refractivity contribution is -0.141. The van der Waals surface area contributed by atoms with Crippen molar-refractivity contribution in [3.8, 4) is 0 Å². The number of carbonyl (C=O) groups is 1. The highest BCUT2D eigenvalue weighted by molar-refractivity contribution is 5.92. The third-order valence-corrected chi connectivity index (χ3v) is 5.20. The summed E-state index contributed by atoms with van der Waals surface area (Å²) < 4.78 is 40.0. The summed E-state index contributed by atoms with van der Waals surface area (Å²) in [4.78, 5) is 26.8. The van der Waals surface area contributed by atoms with Crippen LogP contribution in [0.25, 0.3) is 0 Å². The minimum Gasteiger partial charge on any atom is -0.350 e. The molecular weight excluding hydrogens is 373 g/mol. The summed E-state index contributed by atoms with van der Waals surface area (Å²) in [7, 11) is 0. The summed E-state index contributed by atoms with van der Waals surface area (Å²) in [6.07, 6.45) is 1.51. The van der Waals surface area contributed by atoms with Crippen LogP contribution in [0.4, 0.5) is 19.1 Å². The average Bonchev–Trinajstić information content (AvgIpc) is 3.35. The lowest BCUT2D eigenvalue weighted by Gasteiger charge is -2.23. The maximum atomic E-state index is 12.8. The highest BCUT2D eigenvalue weighted by Crippen LogP contribution is 2.30. The van der Waals surface area contributed by atoms with Crippen molar-refractivity contribution < 1.29 is 18.0 Å². The fraction of sp³-hybridized carbons (Fsp3) is 0.556. The zero-order valence-electron chi connectivity index (χ0n) is 15.2. The first-order valence-corrected chi connectivity index (χ1v) is 9.39. The quantitative estimate of drug-likeness (QED) is 0.861. The summed E-state index contributed by atoms with van der Waals surface area (Å²) in [5, 5.41) is 2.85. The van der Waals surface area contributed by atoms with Gasteiger partial charge in [0.2, 0.25) is 5.95 Å². The van der Waals surface area contributed by atoms with Gasteiger partial charge >= 0.3 is 6.18 Å². The Morgan fingerprint density at radius 1 is 1.25 bits per heavy atom. The highest BCUT2D eigenvalue weighted by Gasteiger charge is 2.35. The standard InChI is InChI=1S/C18H21F3N6O/c19-18(20,21)14-11-27-10-12(3-4-15(27)25-14)9-23-16(28)13-5-6-22-17(24-13)26-7-1-2-8-26/h5-6,11-12H,1-4,7-10H2,(H,23,28).